The van der Waals surface area contributed by atoms with E-state index in [-0.39, 0.29) is 32.2 Å². The molecule has 0 aliphatic heterocycles. The minimum atomic E-state index is -0.266. The van der Waals surface area contributed by atoms with Gasteiger partial charge in [0.2, 0.25) is 0 Å². The molecule has 0 spiro atoms. The third kappa shape index (κ3) is 12.9. The van der Waals surface area contributed by atoms with Crippen LogP contribution in [0.3, 0.4) is 0 Å². The summed E-state index contributed by atoms with van der Waals surface area (Å²) in [6, 6.07) is 38.6. The van der Waals surface area contributed by atoms with Crippen LogP contribution in [-0.4, -0.2) is 5.71 Å². The van der Waals surface area contributed by atoms with Crippen molar-refractivity contribution in [1.29, 1.82) is 0 Å². The maximum Gasteiger partial charge on any atom is 4.00 e. The molecule has 4 aromatic carbocycles. The first-order chi connectivity index (χ1) is 18.8. The summed E-state index contributed by atoms with van der Waals surface area (Å²) in [7, 11) is 0. The number of hydrogen-bond acceptors (Lipinski definition) is 0. The van der Waals surface area contributed by atoms with E-state index in [0.717, 1.165) is 22.3 Å². The molecule has 0 aromatic heterocycles. The number of benzene rings is 4. The van der Waals surface area contributed by atoms with Crippen LogP contribution in [0.1, 0.15) is 92.5 Å². The van der Waals surface area contributed by atoms with Crippen LogP contribution in [0.15, 0.2) is 121 Å². The van der Waals surface area contributed by atoms with Gasteiger partial charge in [0.25, 0.3) is 0 Å². The molecule has 2 fully saturated rings. The largest absolute Gasteiger partial charge is 4.00 e. The maximum absolute atomic E-state index is 9.91. The summed E-state index contributed by atoms with van der Waals surface area (Å²) in [5.74, 6) is 0. The average Bonchev–Trinajstić information content (AvgIpc) is 3.79. The Morgan fingerprint density at radius 2 is 0.667 bits per heavy atom. The molecule has 2 saturated carbocycles. The van der Waals surface area contributed by atoms with Crippen molar-refractivity contribution in [3.05, 3.63) is 155 Å². The summed E-state index contributed by atoms with van der Waals surface area (Å²) >= 11 is 0. The summed E-state index contributed by atoms with van der Waals surface area (Å²) in [6.07, 6.45) is 15.0. The van der Waals surface area contributed by atoms with Gasteiger partial charge in [-0.2, -0.15) is 0 Å². The third-order valence-corrected chi connectivity index (χ3v) is 6.86. The summed E-state index contributed by atoms with van der Waals surface area (Å²) in [4.78, 5) is 0. The van der Waals surface area contributed by atoms with Gasteiger partial charge in [0.05, 0.1) is 0 Å². The van der Waals surface area contributed by atoms with Crippen molar-refractivity contribution in [2.24, 2.45) is 0 Å². The second-order valence-corrected chi connectivity index (χ2v) is 9.87. The zero-order valence-electron chi connectivity index (χ0n) is 23.1. The van der Waals surface area contributed by atoms with Crippen LogP contribution in [0.25, 0.3) is 11.1 Å². The monoisotopic (exact) mass is 592 g/mol. The number of nitrogens with one attached hydrogen (secondary N) is 1. The van der Waals surface area contributed by atoms with Crippen molar-refractivity contribution in [2.75, 3.05) is 0 Å². The maximum atomic E-state index is 9.91. The predicted molar refractivity (Wildman–Crippen MR) is 165 cm³/mol. The summed E-state index contributed by atoms with van der Waals surface area (Å²) in [5.41, 5.74) is 12.2. The first-order valence-electron chi connectivity index (χ1n) is 14.2. The van der Waals surface area contributed by atoms with Gasteiger partial charge in [-0.15, -0.1) is 5.71 Å². The minimum absolute atomic E-state index is 0. The Kier molecular flexibility index (Phi) is 17.0. The van der Waals surface area contributed by atoms with Crippen LogP contribution in [0, 0.1) is 0 Å². The molecule has 39 heavy (non-hydrogen) atoms. The molecule has 0 atom stereocenters. The molecular formula is C36H42N2Zr+2. The van der Waals surface area contributed by atoms with Gasteiger partial charge in [-0.1, -0.05) is 203 Å². The second-order valence-electron chi connectivity index (χ2n) is 9.87. The number of nitrogens with zero attached hydrogens (tertiary/aromatic N) is 1. The molecule has 0 heterocycles. The van der Waals surface area contributed by atoms with Crippen molar-refractivity contribution in [3.63, 3.8) is 0 Å². The SMILES string of the molecule is C1CCCC1.C1CCCC1.[N-]=C(c1ccccc1)c1ccccc1.[NH-]C(c1ccccc1)c1ccccc1.[Zr+4]. The standard InChI is InChI=1S/C13H12N.C13H10N.2C5H10.Zr/c2*14-13(11-7-3-1-4-8-11)12-9-5-2-6-10-12;2*1-2-4-5-3-1;/h1-10,13-14H;1-10H;2*1-5H2;/q2*-1;;;+4. The van der Waals surface area contributed by atoms with Crippen molar-refractivity contribution in [2.45, 2.75) is 70.3 Å². The molecule has 0 bridgehead atoms. The Morgan fingerprint density at radius 1 is 0.436 bits per heavy atom. The molecule has 6 rings (SSSR count). The Labute approximate surface area is 255 Å². The zero-order valence-corrected chi connectivity index (χ0v) is 25.6. The van der Waals surface area contributed by atoms with Crippen LogP contribution in [-0.2, 0) is 26.2 Å². The van der Waals surface area contributed by atoms with E-state index in [1.165, 1.54) is 64.2 Å². The molecule has 1 N–H and O–H groups in total. The van der Waals surface area contributed by atoms with Gasteiger partial charge in [-0.05, 0) is 11.1 Å². The van der Waals surface area contributed by atoms with Crippen molar-refractivity contribution in [1.82, 2.24) is 0 Å². The Morgan fingerprint density at radius 3 is 0.923 bits per heavy atom. The first kappa shape index (κ1) is 32.6. The summed E-state index contributed by atoms with van der Waals surface area (Å²) in [6.45, 7) is 0. The Hall–Kier alpha value is -2.61. The van der Waals surface area contributed by atoms with Gasteiger partial charge in [0.15, 0.2) is 0 Å². The van der Waals surface area contributed by atoms with Crippen LogP contribution in [0.2, 0.25) is 0 Å². The number of rotatable bonds is 4. The van der Waals surface area contributed by atoms with E-state index in [1.54, 1.807) is 0 Å². The molecule has 2 aliphatic carbocycles. The predicted octanol–water partition coefficient (Wildman–Crippen LogP) is 10.8. The number of hydrogen-bond donors (Lipinski definition) is 0. The van der Waals surface area contributed by atoms with Gasteiger partial charge in [0, 0.05) is 0 Å². The average molecular weight is 594 g/mol. The minimum Gasteiger partial charge on any atom is -0.803 e. The Balaban J connectivity index is 0.000000199. The first-order valence-corrected chi connectivity index (χ1v) is 14.2. The molecule has 0 amide bonds. The topological polar surface area (TPSA) is 46.1 Å². The van der Waals surface area contributed by atoms with E-state index in [9.17, 15) is 5.41 Å². The quantitative estimate of drug-likeness (QED) is 0.211. The fraction of sp³-hybridized carbons (Fsp3) is 0.306. The zero-order chi connectivity index (χ0) is 26.7. The Bertz CT molecular complexity index is 1020. The van der Waals surface area contributed by atoms with E-state index >= 15 is 0 Å². The van der Waals surface area contributed by atoms with Crippen molar-refractivity contribution in [3.8, 4) is 0 Å². The smallest absolute Gasteiger partial charge is 0.803 e. The van der Waals surface area contributed by atoms with Crippen molar-refractivity contribution >= 4 is 5.71 Å². The molecule has 2 nitrogen and oxygen atoms in total. The third-order valence-electron chi connectivity index (χ3n) is 6.86. The van der Waals surface area contributed by atoms with Crippen LogP contribution >= 0.6 is 0 Å². The van der Waals surface area contributed by atoms with E-state index in [1.807, 2.05) is 121 Å². The van der Waals surface area contributed by atoms with Gasteiger partial charge >= 0.3 is 26.2 Å². The van der Waals surface area contributed by atoms with Crippen molar-refractivity contribution < 1.29 is 26.2 Å². The van der Waals surface area contributed by atoms with Gasteiger partial charge in [-0.3, -0.25) is 0 Å². The van der Waals surface area contributed by atoms with Gasteiger partial charge in [-0.25, -0.2) is 0 Å². The molecule has 0 radical (unpaired) electrons. The summed E-state index contributed by atoms with van der Waals surface area (Å²) in [5, 5.41) is 9.91. The molecule has 198 valence electrons. The van der Waals surface area contributed by atoms with Crippen LogP contribution in [0.4, 0.5) is 0 Å². The van der Waals surface area contributed by atoms with E-state index < -0.39 is 0 Å². The second kappa shape index (κ2) is 20.3. The van der Waals surface area contributed by atoms with E-state index in [0.29, 0.717) is 5.71 Å². The van der Waals surface area contributed by atoms with Gasteiger partial charge < -0.3 is 11.1 Å². The normalized spacial score (nSPS) is 13.4. The van der Waals surface area contributed by atoms with Crippen LogP contribution in [0.5, 0.6) is 0 Å². The van der Waals surface area contributed by atoms with E-state index in [2.05, 4.69) is 0 Å². The molecule has 0 saturated heterocycles. The molecule has 0 unspecified atom stereocenters. The van der Waals surface area contributed by atoms with E-state index in [4.69, 9.17) is 5.73 Å². The fourth-order valence-electron chi connectivity index (χ4n) is 4.61. The fourth-order valence-corrected chi connectivity index (χ4v) is 4.61. The molecule has 2 aliphatic rings. The van der Waals surface area contributed by atoms with Crippen LogP contribution < -0.4 is 0 Å². The molecular weight excluding hydrogens is 552 g/mol. The summed E-state index contributed by atoms with van der Waals surface area (Å²) < 4.78 is 0. The molecule has 3 heteroatoms. The van der Waals surface area contributed by atoms with Gasteiger partial charge in [0.1, 0.15) is 0 Å². The molecule has 4 aromatic rings.